The van der Waals surface area contributed by atoms with Gasteiger partial charge in [-0.15, -0.1) is 0 Å². The summed E-state index contributed by atoms with van der Waals surface area (Å²) in [4.78, 5) is 12.1. The fourth-order valence-electron chi connectivity index (χ4n) is 3.12. The molecule has 0 radical (unpaired) electrons. The zero-order valence-corrected chi connectivity index (χ0v) is 13.6. The van der Waals surface area contributed by atoms with Crippen LogP contribution in [0.15, 0.2) is 41.4 Å². The van der Waals surface area contributed by atoms with Gasteiger partial charge in [0, 0.05) is 6.08 Å². The number of anilines is 1. The highest BCUT2D eigenvalue weighted by Gasteiger charge is 2.46. The van der Waals surface area contributed by atoms with Gasteiger partial charge in [-0.3, -0.25) is 4.79 Å². The van der Waals surface area contributed by atoms with E-state index in [9.17, 15) is 4.79 Å². The topological polar surface area (TPSA) is 47.6 Å². The number of hydrogen-bond acceptors (Lipinski definition) is 4. The Morgan fingerprint density at radius 1 is 1.27 bits per heavy atom. The maximum Gasteiger partial charge on any atom is 0.237 e. The predicted molar refractivity (Wildman–Crippen MR) is 85.7 cm³/mol. The molecule has 116 valence electrons. The summed E-state index contributed by atoms with van der Waals surface area (Å²) in [7, 11) is 0. The molecule has 0 aromatic heterocycles. The minimum absolute atomic E-state index is 0.0642. The quantitative estimate of drug-likeness (QED) is 0.893. The maximum absolute atomic E-state index is 12.1. The number of allylic oxidation sites excluding steroid dienone is 2. The van der Waals surface area contributed by atoms with Crippen molar-refractivity contribution in [3.8, 4) is 5.75 Å². The van der Waals surface area contributed by atoms with E-state index in [1.807, 2.05) is 19.1 Å². The Hall–Kier alpha value is -2.23. The van der Waals surface area contributed by atoms with Crippen LogP contribution in [0, 0.1) is 0 Å². The standard InChI is InChI=1S/C18H21NO3/c1-10(2)14-6-7-16-15(8-14)19-18(22-16)9-11(3)21-13(5)17(18)12(4)20/h6-10,19H,1-5H3/t18-/m0/s1. The summed E-state index contributed by atoms with van der Waals surface area (Å²) < 4.78 is 11.7. The van der Waals surface area contributed by atoms with Gasteiger partial charge >= 0.3 is 0 Å². The van der Waals surface area contributed by atoms with Gasteiger partial charge in [-0.25, -0.2) is 0 Å². The van der Waals surface area contributed by atoms with Crippen LogP contribution in [0.4, 0.5) is 5.69 Å². The van der Waals surface area contributed by atoms with E-state index in [4.69, 9.17) is 9.47 Å². The van der Waals surface area contributed by atoms with Crippen molar-refractivity contribution in [3.63, 3.8) is 0 Å². The first kappa shape index (κ1) is 14.7. The molecule has 0 amide bonds. The highest BCUT2D eigenvalue weighted by molar-refractivity contribution is 5.98. The van der Waals surface area contributed by atoms with Crippen LogP contribution in [0.2, 0.25) is 0 Å². The molecule has 0 unspecified atom stereocenters. The van der Waals surface area contributed by atoms with Crippen molar-refractivity contribution in [2.75, 3.05) is 5.32 Å². The number of ketones is 1. The van der Waals surface area contributed by atoms with Crippen LogP contribution in [0.25, 0.3) is 0 Å². The van der Waals surface area contributed by atoms with Gasteiger partial charge in [0.05, 0.1) is 5.69 Å². The Bertz CT molecular complexity index is 715. The number of carbonyl (C=O) groups excluding carboxylic acids is 1. The molecule has 22 heavy (non-hydrogen) atoms. The number of Topliss-reactive ketones (excluding diaryl/α,β-unsaturated/α-hetero) is 1. The molecule has 1 N–H and O–H groups in total. The number of benzene rings is 1. The zero-order valence-electron chi connectivity index (χ0n) is 13.6. The third-order valence-corrected chi connectivity index (χ3v) is 4.06. The average molecular weight is 299 g/mol. The van der Waals surface area contributed by atoms with Crippen molar-refractivity contribution in [1.82, 2.24) is 0 Å². The summed E-state index contributed by atoms with van der Waals surface area (Å²) in [5.74, 6) is 2.41. The lowest BCUT2D eigenvalue weighted by Gasteiger charge is -2.32. The first-order valence-electron chi connectivity index (χ1n) is 7.53. The number of fused-ring (bicyclic) bond motifs is 1. The molecule has 0 fully saturated rings. The number of rotatable bonds is 2. The molecule has 4 nitrogen and oxygen atoms in total. The predicted octanol–water partition coefficient (Wildman–Crippen LogP) is 4.11. The smallest absolute Gasteiger partial charge is 0.237 e. The van der Waals surface area contributed by atoms with E-state index in [-0.39, 0.29) is 5.78 Å². The van der Waals surface area contributed by atoms with Gasteiger partial charge in [-0.2, -0.15) is 0 Å². The van der Waals surface area contributed by atoms with Gasteiger partial charge in [-0.05, 0) is 44.4 Å². The minimum Gasteiger partial charge on any atom is -0.466 e. The summed E-state index contributed by atoms with van der Waals surface area (Å²) >= 11 is 0. The SMILES string of the molecule is CC(=O)C1=C(C)OC(C)=C[C@@]12Nc1cc(C(C)C)ccc1O2. The van der Waals surface area contributed by atoms with Gasteiger partial charge in [-0.1, -0.05) is 19.9 Å². The molecule has 1 spiro atoms. The van der Waals surface area contributed by atoms with Gasteiger partial charge < -0.3 is 14.8 Å². The molecule has 3 rings (SSSR count). The third-order valence-electron chi connectivity index (χ3n) is 4.06. The third kappa shape index (κ3) is 2.19. The van der Waals surface area contributed by atoms with Crippen molar-refractivity contribution >= 4 is 11.5 Å². The van der Waals surface area contributed by atoms with Crippen LogP contribution >= 0.6 is 0 Å². The largest absolute Gasteiger partial charge is 0.466 e. The van der Waals surface area contributed by atoms with Crippen LogP contribution < -0.4 is 10.1 Å². The Kier molecular flexibility index (Phi) is 3.28. The first-order chi connectivity index (χ1) is 10.3. The molecule has 1 aromatic rings. The molecule has 2 aliphatic rings. The van der Waals surface area contributed by atoms with E-state index >= 15 is 0 Å². The molecule has 0 aliphatic carbocycles. The van der Waals surface area contributed by atoms with Crippen LogP contribution in [0.1, 0.15) is 46.1 Å². The van der Waals surface area contributed by atoms with Gasteiger partial charge in [0.25, 0.3) is 0 Å². The molecule has 0 saturated carbocycles. The molecule has 0 bridgehead atoms. The molecule has 4 heteroatoms. The summed E-state index contributed by atoms with van der Waals surface area (Å²) in [6.07, 6.45) is 1.83. The highest BCUT2D eigenvalue weighted by atomic mass is 16.5. The van der Waals surface area contributed by atoms with Gasteiger partial charge in [0.1, 0.15) is 22.8 Å². The second kappa shape index (κ2) is 4.90. The van der Waals surface area contributed by atoms with Crippen LogP contribution in [0.3, 0.4) is 0 Å². The second-order valence-corrected chi connectivity index (χ2v) is 6.22. The van der Waals surface area contributed by atoms with E-state index in [2.05, 4.69) is 31.3 Å². The summed E-state index contributed by atoms with van der Waals surface area (Å²) in [6, 6.07) is 6.10. The fraction of sp³-hybridized carbons (Fsp3) is 0.389. The Morgan fingerprint density at radius 2 is 2.00 bits per heavy atom. The zero-order chi connectivity index (χ0) is 16.1. The minimum atomic E-state index is -0.962. The fourth-order valence-corrected chi connectivity index (χ4v) is 3.12. The summed E-state index contributed by atoms with van der Waals surface area (Å²) in [5.41, 5.74) is 1.68. The number of carbonyl (C=O) groups is 1. The molecule has 0 saturated heterocycles. The van der Waals surface area contributed by atoms with Gasteiger partial charge in [0.15, 0.2) is 5.78 Å². The van der Waals surface area contributed by atoms with Crippen molar-refractivity contribution in [3.05, 3.63) is 46.9 Å². The van der Waals surface area contributed by atoms with E-state index < -0.39 is 5.72 Å². The van der Waals surface area contributed by atoms with Crippen molar-refractivity contribution in [1.29, 1.82) is 0 Å². The highest BCUT2D eigenvalue weighted by Crippen LogP contribution is 2.45. The van der Waals surface area contributed by atoms with Crippen LogP contribution in [0.5, 0.6) is 5.75 Å². The van der Waals surface area contributed by atoms with E-state index in [0.717, 1.165) is 11.4 Å². The normalized spacial score (nSPS) is 22.9. The maximum atomic E-state index is 12.1. The van der Waals surface area contributed by atoms with Crippen molar-refractivity contribution in [2.45, 2.75) is 46.3 Å². The summed E-state index contributed by atoms with van der Waals surface area (Å²) in [6.45, 7) is 9.48. The molecule has 1 atom stereocenters. The monoisotopic (exact) mass is 299 g/mol. The first-order valence-corrected chi connectivity index (χ1v) is 7.53. The lowest BCUT2D eigenvalue weighted by Crippen LogP contribution is -2.45. The molecule has 1 aromatic carbocycles. The van der Waals surface area contributed by atoms with E-state index in [0.29, 0.717) is 23.0 Å². The van der Waals surface area contributed by atoms with Gasteiger partial charge in [0.2, 0.25) is 5.72 Å². The molecule has 2 heterocycles. The summed E-state index contributed by atoms with van der Waals surface area (Å²) in [5, 5.41) is 3.38. The number of hydrogen-bond donors (Lipinski definition) is 1. The molecular weight excluding hydrogens is 278 g/mol. The second-order valence-electron chi connectivity index (χ2n) is 6.22. The lowest BCUT2D eigenvalue weighted by molar-refractivity contribution is -0.115. The van der Waals surface area contributed by atoms with Crippen molar-refractivity contribution in [2.24, 2.45) is 0 Å². The number of ether oxygens (including phenoxy) is 2. The Morgan fingerprint density at radius 3 is 2.64 bits per heavy atom. The lowest BCUT2D eigenvalue weighted by atomic mass is 9.95. The van der Waals surface area contributed by atoms with Crippen molar-refractivity contribution < 1.29 is 14.3 Å². The Labute approximate surface area is 130 Å². The molecular formula is C18H21NO3. The average Bonchev–Trinajstić information content (AvgIpc) is 2.73. The van der Waals surface area contributed by atoms with E-state index in [1.54, 1.807) is 6.92 Å². The van der Waals surface area contributed by atoms with Crippen LogP contribution in [-0.2, 0) is 9.53 Å². The number of nitrogens with one attached hydrogen (secondary N) is 1. The van der Waals surface area contributed by atoms with Crippen LogP contribution in [-0.4, -0.2) is 11.5 Å². The Balaban J connectivity index is 2.08. The molecule has 2 aliphatic heterocycles. The van der Waals surface area contributed by atoms with E-state index in [1.165, 1.54) is 12.5 Å².